The van der Waals surface area contributed by atoms with E-state index < -0.39 is 17.9 Å². The van der Waals surface area contributed by atoms with Crippen LogP contribution in [0.4, 0.5) is 0 Å². The summed E-state index contributed by atoms with van der Waals surface area (Å²) in [6.07, 6.45) is 0. The number of esters is 1. The van der Waals surface area contributed by atoms with E-state index in [4.69, 9.17) is 5.73 Å². The van der Waals surface area contributed by atoms with Gasteiger partial charge in [0, 0.05) is 0 Å². The van der Waals surface area contributed by atoms with E-state index in [0.717, 1.165) is 5.56 Å². The van der Waals surface area contributed by atoms with Crippen LogP contribution in [0.1, 0.15) is 25.5 Å². The van der Waals surface area contributed by atoms with E-state index in [-0.39, 0.29) is 12.6 Å². The molecule has 0 spiro atoms. The van der Waals surface area contributed by atoms with Crippen molar-refractivity contribution in [3.05, 3.63) is 35.9 Å². The van der Waals surface area contributed by atoms with Crippen LogP contribution in [0.2, 0.25) is 0 Å². The average molecular weight is 250 g/mol. The minimum atomic E-state index is -1.28. The minimum absolute atomic E-state index is 0.202. The fourth-order valence-electron chi connectivity index (χ4n) is 1.47. The lowest BCUT2D eigenvalue weighted by Crippen LogP contribution is -2.47. The molecule has 0 aromatic heterocycles. The number of nitrogens with one attached hydrogen (secondary N) is 1. The van der Waals surface area contributed by atoms with Crippen LogP contribution in [0.3, 0.4) is 0 Å². The van der Waals surface area contributed by atoms with Crippen LogP contribution >= 0.6 is 0 Å². The number of hydrogen-bond acceptors (Lipinski definition) is 4. The van der Waals surface area contributed by atoms with E-state index in [0.29, 0.717) is 0 Å². The molecule has 0 radical (unpaired) electrons. The molecule has 0 aliphatic heterocycles. The first kappa shape index (κ1) is 14.2. The molecule has 98 valence electrons. The van der Waals surface area contributed by atoms with Crippen molar-refractivity contribution in [1.29, 1.82) is 0 Å². The second-order valence-corrected chi connectivity index (χ2v) is 3.87. The molecule has 0 heterocycles. The van der Waals surface area contributed by atoms with Crippen LogP contribution in [0.5, 0.6) is 0 Å². The molecule has 2 atom stereocenters. The van der Waals surface area contributed by atoms with Gasteiger partial charge in [0.1, 0.15) is 0 Å². The number of carbonyl (C=O) groups excluding carboxylic acids is 2. The van der Waals surface area contributed by atoms with Crippen molar-refractivity contribution < 1.29 is 14.3 Å². The molecule has 2 unspecified atom stereocenters. The standard InChI is InChI=1S/C13H18N2O3/c1-3-18-13(17)11(14)12(16)15-9(2)10-7-5-4-6-8-10/h4-9,11H,3,14H2,1-2H3,(H,15,16). The molecule has 1 amide bonds. The van der Waals surface area contributed by atoms with Crippen molar-refractivity contribution in [2.24, 2.45) is 5.73 Å². The Morgan fingerprint density at radius 2 is 1.94 bits per heavy atom. The molecule has 5 heteroatoms. The van der Waals surface area contributed by atoms with Gasteiger partial charge in [-0.3, -0.25) is 4.79 Å². The maximum Gasteiger partial charge on any atom is 0.332 e. The lowest BCUT2D eigenvalue weighted by atomic mass is 10.1. The number of carbonyl (C=O) groups is 2. The first-order valence-corrected chi connectivity index (χ1v) is 5.83. The minimum Gasteiger partial charge on any atom is -0.464 e. The maximum atomic E-state index is 11.7. The number of benzene rings is 1. The molecule has 0 bridgehead atoms. The predicted octanol–water partition coefficient (Wildman–Crippen LogP) is 0.754. The van der Waals surface area contributed by atoms with Crippen molar-refractivity contribution >= 4 is 11.9 Å². The van der Waals surface area contributed by atoms with Crippen molar-refractivity contribution in [2.75, 3.05) is 6.61 Å². The Bertz CT molecular complexity index is 406. The molecule has 1 aromatic rings. The maximum absolute atomic E-state index is 11.7. The largest absolute Gasteiger partial charge is 0.464 e. The Balaban J connectivity index is 2.57. The van der Waals surface area contributed by atoms with Crippen LogP contribution in [-0.2, 0) is 14.3 Å². The number of hydrogen-bond donors (Lipinski definition) is 2. The molecule has 0 saturated heterocycles. The van der Waals surface area contributed by atoms with Crippen LogP contribution in [0, 0.1) is 0 Å². The van der Waals surface area contributed by atoms with Crippen LogP contribution in [0.25, 0.3) is 0 Å². The lowest BCUT2D eigenvalue weighted by molar-refractivity contribution is -0.148. The summed E-state index contributed by atoms with van der Waals surface area (Å²) in [6, 6.07) is 7.94. The molecule has 3 N–H and O–H groups in total. The Labute approximate surface area is 106 Å². The molecular formula is C13H18N2O3. The lowest BCUT2D eigenvalue weighted by Gasteiger charge is -2.17. The highest BCUT2D eigenvalue weighted by Gasteiger charge is 2.24. The summed E-state index contributed by atoms with van der Waals surface area (Å²) >= 11 is 0. The summed E-state index contributed by atoms with van der Waals surface area (Å²) in [5, 5.41) is 2.67. The molecule has 1 aromatic carbocycles. The highest BCUT2D eigenvalue weighted by Crippen LogP contribution is 2.10. The molecule has 18 heavy (non-hydrogen) atoms. The zero-order valence-corrected chi connectivity index (χ0v) is 10.6. The number of amides is 1. The fourth-order valence-corrected chi connectivity index (χ4v) is 1.47. The van der Waals surface area contributed by atoms with Crippen LogP contribution < -0.4 is 11.1 Å². The SMILES string of the molecule is CCOC(=O)C(N)C(=O)NC(C)c1ccccc1. The van der Waals surface area contributed by atoms with Crippen molar-refractivity contribution in [1.82, 2.24) is 5.32 Å². The van der Waals surface area contributed by atoms with Crippen LogP contribution in [0.15, 0.2) is 30.3 Å². The first-order valence-electron chi connectivity index (χ1n) is 5.83. The third-order valence-electron chi connectivity index (χ3n) is 2.48. The van der Waals surface area contributed by atoms with Gasteiger partial charge in [0.25, 0.3) is 0 Å². The number of rotatable bonds is 5. The predicted molar refractivity (Wildman–Crippen MR) is 67.6 cm³/mol. The summed E-state index contributed by atoms with van der Waals surface area (Å²) in [5.41, 5.74) is 6.43. The molecule has 0 aliphatic carbocycles. The van der Waals surface area contributed by atoms with Gasteiger partial charge < -0.3 is 15.8 Å². The van der Waals surface area contributed by atoms with E-state index >= 15 is 0 Å². The Hall–Kier alpha value is -1.88. The summed E-state index contributed by atoms with van der Waals surface area (Å²) in [6.45, 7) is 3.69. The molecule has 0 fully saturated rings. The van der Waals surface area contributed by atoms with Crippen molar-refractivity contribution in [3.8, 4) is 0 Å². The summed E-state index contributed by atoms with van der Waals surface area (Å²) in [7, 11) is 0. The Morgan fingerprint density at radius 1 is 1.33 bits per heavy atom. The summed E-state index contributed by atoms with van der Waals surface area (Å²) < 4.78 is 4.69. The Morgan fingerprint density at radius 3 is 2.50 bits per heavy atom. The second-order valence-electron chi connectivity index (χ2n) is 3.87. The van der Waals surface area contributed by atoms with Gasteiger partial charge in [-0.2, -0.15) is 0 Å². The molecule has 5 nitrogen and oxygen atoms in total. The van der Waals surface area contributed by atoms with Gasteiger partial charge in [-0.05, 0) is 19.4 Å². The van der Waals surface area contributed by atoms with Gasteiger partial charge in [-0.15, -0.1) is 0 Å². The monoisotopic (exact) mass is 250 g/mol. The van der Waals surface area contributed by atoms with E-state index in [1.165, 1.54) is 0 Å². The van der Waals surface area contributed by atoms with Gasteiger partial charge in [-0.1, -0.05) is 30.3 Å². The van der Waals surface area contributed by atoms with Gasteiger partial charge in [-0.25, -0.2) is 4.79 Å². The van der Waals surface area contributed by atoms with E-state index in [2.05, 4.69) is 10.1 Å². The quantitative estimate of drug-likeness (QED) is 0.597. The fraction of sp³-hybridized carbons (Fsp3) is 0.385. The van der Waals surface area contributed by atoms with Gasteiger partial charge >= 0.3 is 5.97 Å². The first-order chi connectivity index (χ1) is 8.56. The van der Waals surface area contributed by atoms with Gasteiger partial charge in [0.15, 0.2) is 6.04 Å². The molecule has 0 saturated carbocycles. The highest BCUT2D eigenvalue weighted by atomic mass is 16.5. The zero-order valence-electron chi connectivity index (χ0n) is 10.6. The molecular weight excluding hydrogens is 232 g/mol. The number of ether oxygens (including phenoxy) is 1. The van der Waals surface area contributed by atoms with Crippen molar-refractivity contribution in [3.63, 3.8) is 0 Å². The molecule has 1 rings (SSSR count). The summed E-state index contributed by atoms with van der Waals surface area (Å²) in [5.74, 6) is -1.25. The van der Waals surface area contributed by atoms with Gasteiger partial charge in [0.2, 0.25) is 5.91 Å². The number of nitrogens with two attached hydrogens (primary N) is 1. The van der Waals surface area contributed by atoms with E-state index in [1.54, 1.807) is 6.92 Å². The summed E-state index contributed by atoms with van der Waals surface area (Å²) in [4.78, 5) is 23.0. The van der Waals surface area contributed by atoms with Crippen LogP contribution in [-0.4, -0.2) is 24.5 Å². The third-order valence-corrected chi connectivity index (χ3v) is 2.48. The van der Waals surface area contributed by atoms with Gasteiger partial charge in [0.05, 0.1) is 12.6 Å². The smallest absolute Gasteiger partial charge is 0.332 e. The topological polar surface area (TPSA) is 81.4 Å². The Kier molecular flexibility index (Phi) is 5.32. The normalized spacial score (nSPS) is 13.5. The van der Waals surface area contributed by atoms with E-state index in [1.807, 2.05) is 37.3 Å². The zero-order chi connectivity index (χ0) is 13.5. The second kappa shape index (κ2) is 6.76. The van der Waals surface area contributed by atoms with Crippen molar-refractivity contribution in [2.45, 2.75) is 25.9 Å². The highest BCUT2D eigenvalue weighted by molar-refractivity contribution is 6.01. The van der Waals surface area contributed by atoms with E-state index in [9.17, 15) is 9.59 Å². The average Bonchev–Trinajstić information content (AvgIpc) is 2.39. The third kappa shape index (κ3) is 3.85. The molecule has 0 aliphatic rings.